The molecular weight excluding hydrogens is 482 g/mol. The van der Waals surface area contributed by atoms with E-state index in [0.717, 1.165) is 6.08 Å². The summed E-state index contributed by atoms with van der Waals surface area (Å²) >= 11 is 0. The summed E-state index contributed by atoms with van der Waals surface area (Å²) in [7, 11) is 0. The first-order valence-electron chi connectivity index (χ1n) is 11.4. The van der Waals surface area contributed by atoms with Gasteiger partial charge in [-0.15, -0.1) is 0 Å². The maximum Gasteiger partial charge on any atom is 0.342 e. The van der Waals surface area contributed by atoms with Gasteiger partial charge in [-0.25, -0.2) is 18.4 Å². The number of aliphatic hydroxyl groups is 1. The summed E-state index contributed by atoms with van der Waals surface area (Å²) in [6.07, 6.45) is 3.32. The highest BCUT2D eigenvalue weighted by atomic mass is 19.1. The number of alkyl halides is 2. The summed E-state index contributed by atoms with van der Waals surface area (Å²) < 4.78 is 37.8. The molecule has 1 N–H and O–H groups in total. The zero-order valence-corrected chi connectivity index (χ0v) is 19.9. The predicted molar refractivity (Wildman–Crippen MR) is 138 cm³/mol. The van der Waals surface area contributed by atoms with Gasteiger partial charge in [0.1, 0.15) is 29.3 Å². The molecule has 0 radical (unpaired) electrons. The molecule has 4 rings (SSSR count). The number of rotatable bonds is 7. The summed E-state index contributed by atoms with van der Waals surface area (Å²) in [6.45, 7) is 2.49. The average molecular weight is 504 g/mol. The molecule has 37 heavy (non-hydrogen) atoms. The molecule has 188 valence electrons. The first-order chi connectivity index (χ1) is 17.6. The van der Waals surface area contributed by atoms with Gasteiger partial charge < -0.3 is 13.9 Å². The van der Waals surface area contributed by atoms with Crippen LogP contribution in [0.3, 0.4) is 0 Å². The lowest BCUT2D eigenvalue weighted by atomic mass is 10.1. The maximum atomic E-state index is 13.6. The van der Waals surface area contributed by atoms with Crippen LogP contribution in [-0.2, 0) is 4.79 Å². The van der Waals surface area contributed by atoms with Crippen molar-refractivity contribution in [3.63, 3.8) is 0 Å². The van der Waals surface area contributed by atoms with Gasteiger partial charge in [-0.1, -0.05) is 36.4 Å². The summed E-state index contributed by atoms with van der Waals surface area (Å²) in [5.41, 5.74) is -0.462. The van der Waals surface area contributed by atoms with Gasteiger partial charge in [0.15, 0.2) is 5.78 Å². The standard InChI is InChI=1S/C29H22F2O6/c1-16(30)24-13-20-7-3-5-18(26(20)36-28(24)34)9-11-22(32)15-23(33)12-10-19-6-4-8-21-14-25(17(2)31)29(35)37-27(19)21/h3-17,32H,1-2H3/b11-9+,12-10+,22-15-. The predicted octanol–water partition coefficient (Wildman–Crippen LogP) is 6.70. The highest BCUT2D eigenvalue weighted by Gasteiger charge is 2.14. The van der Waals surface area contributed by atoms with Gasteiger partial charge in [0.05, 0.1) is 11.1 Å². The number of benzene rings is 2. The van der Waals surface area contributed by atoms with Crippen molar-refractivity contribution in [3.8, 4) is 0 Å². The Balaban J connectivity index is 1.56. The third-order valence-electron chi connectivity index (χ3n) is 5.64. The Kier molecular flexibility index (Phi) is 7.29. The van der Waals surface area contributed by atoms with Crippen LogP contribution >= 0.6 is 0 Å². The van der Waals surface area contributed by atoms with E-state index in [9.17, 15) is 28.3 Å². The lowest BCUT2D eigenvalue weighted by Crippen LogP contribution is -2.08. The van der Waals surface area contributed by atoms with E-state index in [1.54, 1.807) is 36.4 Å². The smallest absolute Gasteiger partial charge is 0.342 e. The number of aliphatic hydroxyl groups excluding tert-OH is 1. The van der Waals surface area contributed by atoms with E-state index in [1.165, 1.54) is 50.3 Å². The quantitative estimate of drug-likeness (QED) is 0.130. The zero-order valence-electron chi connectivity index (χ0n) is 19.9. The number of ketones is 1. The largest absolute Gasteiger partial charge is 0.508 e. The summed E-state index contributed by atoms with van der Waals surface area (Å²) in [6, 6.07) is 12.8. The second-order valence-electron chi connectivity index (χ2n) is 8.38. The van der Waals surface area contributed by atoms with Crippen LogP contribution in [-0.4, -0.2) is 10.9 Å². The molecule has 8 heteroatoms. The second kappa shape index (κ2) is 10.6. The van der Waals surface area contributed by atoms with Gasteiger partial charge in [-0.3, -0.25) is 4.79 Å². The van der Waals surface area contributed by atoms with E-state index in [2.05, 4.69) is 0 Å². The van der Waals surface area contributed by atoms with Crippen molar-refractivity contribution in [2.24, 2.45) is 0 Å². The van der Waals surface area contributed by atoms with Crippen LogP contribution in [0.2, 0.25) is 0 Å². The average Bonchev–Trinajstić information content (AvgIpc) is 2.85. The highest BCUT2D eigenvalue weighted by molar-refractivity contribution is 6.03. The molecule has 2 aromatic carbocycles. The third kappa shape index (κ3) is 5.64. The molecule has 0 aliphatic rings. The lowest BCUT2D eigenvalue weighted by molar-refractivity contribution is -0.110. The fraction of sp³-hybridized carbons (Fsp3) is 0.138. The van der Waals surface area contributed by atoms with E-state index >= 15 is 0 Å². The van der Waals surface area contributed by atoms with Gasteiger partial charge in [-0.2, -0.15) is 0 Å². The normalized spacial score (nSPS) is 14.1. The molecule has 2 atom stereocenters. The Labute approximate surface area is 209 Å². The van der Waals surface area contributed by atoms with Crippen molar-refractivity contribution in [2.75, 3.05) is 0 Å². The Morgan fingerprint density at radius 1 is 0.811 bits per heavy atom. The molecule has 0 spiro atoms. The first kappa shape index (κ1) is 25.5. The van der Waals surface area contributed by atoms with E-state index in [1.807, 2.05) is 0 Å². The van der Waals surface area contributed by atoms with E-state index in [4.69, 9.17) is 8.83 Å². The summed E-state index contributed by atoms with van der Waals surface area (Å²) in [5.74, 6) is -0.921. The van der Waals surface area contributed by atoms with Crippen molar-refractivity contribution in [2.45, 2.75) is 26.2 Å². The molecule has 2 heterocycles. The number of carbonyl (C=O) groups is 1. The van der Waals surface area contributed by atoms with Gasteiger partial charge in [0.2, 0.25) is 0 Å². The van der Waals surface area contributed by atoms with Gasteiger partial charge >= 0.3 is 11.3 Å². The number of allylic oxidation sites excluding steroid dienone is 3. The van der Waals surface area contributed by atoms with Crippen LogP contribution in [0, 0.1) is 0 Å². The molecule has 0 fully saturated rings. The van der Waals surface area contributed by atoms with Crippen LogP contribution in [0.25, 0.3) is 34.1 Å². The van der Waals surface area contributed by atoms with Gasteiger partial charge in [0, 0.05) is 28.0 Å². The van der Waals surface area contributed by atoms with E-state index in [0.29, 0.717) is 21.9 Å². The number of para-hydroxylation sites is 2. The van der Waals surface area contributed by atoms with Crippen molar-refractivity contribution < 1.29 is 27.5 Å². The third-order valence-corrected chi connectivity index (χ3v) is 5.64. The summed E-state index contributed by atoms with van der Waals surface area (Å²) in [4.78, 5) is 36.5. The van der Waals surface area contributed by atoms with Crippen LogP contribution in [0.4, 0.5) is 8.78 Å². The van der Waals surface area contributed by atoms with Crippen molar-refractivity contribution in [1.29, 1.82) is 0 Å². The maximum absolute atomic E-state index is 13.6. The molecule has 0 bridgehead atoms. The van der Waals surface area contributed by atoms with Gasteiger partial charge in [-0.05, 0) is 50.3 Å². The number of halogens is 2. The first-order valence-corrected chi connectivity index (χ1v) is 11.4. The molecule has 6 nitrogen and oxygen atoms in total. The van der Waals surface area contributed by atoms with Gasteiger partial charge in [0.25, 0.3) is 0 Å². The van der Waals surface area contributed by atoms with Crippen LogP contribution in [0.1, 0.15) is 48.4 Å². The number of carbonyl (C=O) groups excluding carboxylic acids is 1. The fourth-order valence-corrected chi connectivity index (χ4v) is 3.77. The van der Waals surface area contributed by atoms with E-state index in [-0.39, 0.29) is 28.1 Å². The van der Waals surface area contributed by atoms with Crippen LogP contribution in [0.15, 0.2) is 90.9 Å². The Morgan fingerprint density at radius 3 is 1.73 bits per heavy atom. The second-order valence-corrected chi connectivity index (χ2v) is 8.38. The highest BCUT2D eigenvalue weighted by Crippen LogP contribution is 2.24. The number of hydrogen-bond acceptors (Lipinski definition) is 6. The number of hydrogen-bond donors (Lipinski definition) is 1. The minimum absolute atomic E-state index is 0.0864. The molecular formula is C29H22F2O6. The molecule has 0 aliphatic carbocycles. The lowest BCUT2D eigenvalue weighted by Gasteiger charge is -2.05. The fourth-order valence-electron chi connectivity index (χ4n) is 3.77. The Hall–Kier alpha value is -4.59. The van der Waals surface area contributed by atoms with Crippen molar-refractivity contribution in [3.05, 3.63) is 116 Å². The molecule has 0 amide bonds. The zero-order chi connectivity index (χ0) is 26.7. The Bertz CT molecular complexity index is 1700. The molecule has 4 aromatic rings. The summed E-state index contributed by atoms with van der Waals surface area (Å²) in [5, 5.41) is 11.2. The molecule has 0 saturated carbocycles. The minimum atomic E-state index is -1.48. The Morgan fingerprint density at radius 2 is 1.27 bits per heavy atom. The minimum Gasteiger partial charge on any atom is -0.508 e. The molecule has 2 unspecified atom stereocenters. The topological polar surface area (TPSA) is 97.7 Å². The van der Waals surface area contributed by atoms with E-state index < -0.39 is 29.4 Å². The SMILES string of the molecule is CC(F)c1cc2cccc(/C=C/C(=O)/C=C(O)/C=C/c3cccc4cc(C(C)F)c(=O)oc34)c2oc1=O. The van der Waals surface area contributed by atoms with Crippen molar-refractivity contribution in [1.82, 2.24) is 0 Å². The van der Waals surface area contributed by atoms with Crippen molar-refractivity contribution >= 4 is 39.9 Å². The van der Waals surface area contributed by atoms with Crippen LogP contribution < -0.4 is 11.3 Å². The molecule has 2 aromatic heterocycles. The molecule has 0 aliphatic heterocycles. The number of fused-ring (bicyclic) bond motifs is 2. The monoisotopic (exact) mass is 504 g/mol. The van der Waals surface area contributed by atoms with Crippen LogP contribution in [0.5, 0.6) is 0 Å². The molecule has 0 saturated heterocycles.